The Kier molecular flexibility index (Phi) is 11.2. The fraction of sp³-hybridized carbons (Fsp3) is 0.464. The Labute approximate surface area is 238 Å². The van der Waals surface area contributed by atoms with Crippen LogP contribution in [0.4, 0.5) is 30.9 Å². The summed E-state index contributed by atoms with van der Waals surface area (Å²) >= 11 is 0. The van der Waals surface area contributed by atoms with Gasteiger partial charge in [0, 0.05) is 19.7 Å². The first-order valence-corrected chi connectivity index (χ1v) is 14.9. The molecule has 0 bridgehead atoms. The first kappa shape index (κ1) is 35.9. The molecule has 2 aromatic carbocycles. The quantitative estimate of drug-likeness (QED) is 0.105. The summed E-state index contributed by atoms with van der Waals surface area (Å²) in [6.45, 7) is 8.68. The van der Waals surface area contributed by atoms with E-state index in [4.69, 9.17) is 9.73 Å². The zero-order valence-corrected chi connectivity index (χ0v) is 26.1. The third kappa shape index (κ3) is 12.9. The van der Waals surface area contributed by atoms with E-state index in [2.05, 4.69) is 45.9 Å². The van der Waals surface area contributed by atoms with Gasteiger partial charge in [0.15, 0.2) is 0 Å². The van der Waals surface area contributed by atoms with Crippen molar-refractivity contribution in [2.24, 2.45) is 4.99 Å². The van der Waals surface area contributed by atoms with Gasteiger partial charge in [-0.15, -0.1) is 0 Å². The van der Waals surface area contributed by atoms with Crippen LogP contribution in [0.25, 0.3) is 0 Å². The van der Waals surface area contributed by atoms with E-state index in [1.807, 2.05) is 68.0 Å². The van der Waals surface area contributed by atoms with Crippen molar-refractivity contribution in [3.8, 4) is 0 Å². The second-order valence-corrected chi connectivity index (χ2v) is 12.6. The molecule has 1 atom stereocenters. The van der Waals surface area contributed by atoms with Crippen LogP contribution in [0, 0.1) is 0 Å². The van der Waals surface area contributed by atoms with Crippen LogP contribution in [0.2, 0.25) is 0 Å². The number of halogens is 6. The average Bonchev–Trinajstić information content (AvgIpc) is 2.80. The van der Waals surface area contributed by atoms with Gasteiger partial charge < -0.3 is 9.64 Å². The Bertz CT molecular complexity index is 1220. The van der Waals surface area contributed by atoms with Crippen LogP contribution in [-0.2, 0) is 9.53 Å². The topological polar surface area (TPSA) is 48.1 Å². The predicted octanol–water partition coefficient (Wildman–Crippen LogP) is 8.10. The van der Waals surface area contributed by atoms with Crippen LogP contribution in [0.1, 0.15) is 56.2 Å². The number of hydrogen-bond donors (Lipinski definition) is 0. The molecule has 0 aliphatic carbocycles. The number of nitrogens with zero attached hydrogens (tertiary/aromatic N) is 4. The van der Waals surface area contributed by atoms with Gasteiger partial charge in [-0.25, -0.2) is 4.99 Å². The van der Waals surface area contributed by atoms with Gasteiger partial charge in [-0.3, -0.25) is 14.3 Å². The fourth-order valence-corrected chi connectivity index (χ4v) is 3.91. The molecule has 0 aliphatic rings. The molecule has 41 heavy (non-hydrogen) atoms. The fourth-order valence-electron chi connectivity index (χ4n) is 3.91. The molecular weight excluding hydrogens is 569 g/mol. The molecule has 0 fully saturated rings. The maximum absolute atomic E-state index is 13.3. The molecule has 2 aromatic rings. The van der Waals surface area contributed by atoms with Crippen LogP contribution in [0.15, 0.2) is 53.5 Å². The van der Waals surface area contributed by atoms with Crippen LogP contribution in [0.5, 0.6) is 0 Å². The maximum atomic E-state index is 13.3. The summed E-state index contributed by atoms with van der Waals surface area (Å²) in [6.07, 6.45) is -0.854. The van der Waals surface area contributed by atoms with E-state index in [-0.39, 0.29) is 5.91 Å². The van der Waals surface area contributed by atoms with E-state index in [1.165, 1.54) is 0 Å². The first-order valence-electron chi connectivity index (χ1n) is 12.8. The summed E-state index contributed by atoms with van der Waals surface area (Å²) in [5.41, 5.74) is 4.05. The van der Waals surface area contributed by atoms with Gasteiger partial charge in [0.1, 0.15) is 0 Å². The molecule has 0 heterocycles. The molecule has 13 heteroatoms. The number of aliphatic imine (C=N–C) groups is 1. The SMILES string of the molecule is CC(C)c1cccc(C(C)C)c1N=C(O[C@H](C(=O)N(C)C)C(N(C)C)=[N+](C)C)c1ccccc1.F[P-](F)(F)(F)(F)F. The number of rotatable bonds is 7. The van der Waals surface area contributed by atoms with Crippen molar-refractivity contribution in [2.75, 3.05) is 42.3 Å². The average molecular weight is 611 g/mol. The van der Waals surface area contributed by atoms with E-state index >= 15 is 0 Å². The Hall–Kier alpha value is -3.14. The van der Waals surface area contributed by atoms with E-state index in [0.717, 1.165) is 28.2 Å². The summed E-state index contributed by atoms with van der Waals surface area (Å²) in [5, 5.41) is 0. The van der Waals surface area contributed by atoms with Crippen molar-refractivity contribution >= 4 is 31.1 Å². The summed E-state index contributed by atoms with van der Waals surface area (Å²) < 4.78 is 67.7. The van der Waals surface area contributed by atoms with Gasteiger partial charge in [0.05, 0.1) is 33.9 Å². The summed E-state index contributed by atoms with van der Waals surface area (Å²) in [4.78, 5) is 21.9. The van der Waals surface area contributed by atoms with Crippen molar-refractivity contribution in [2.45, 2.75) is 45.6 Å². The number of ether oxygens (including phenoxy) is 1. The van der Waals surface area contributed by atoms with Crippen molar-refractivity contribution in [1.29, 1.82) is 0 Å². The summed E-state index contributed by atoms with van der Waals surface area (Å²) in [5.74, 6) is 1.60. The standard InChI is InChI=1S/C28H41N4O2.F6P/c1-19(2)22-17-14-18-23(20(3)4)24(22)29-26(21-15-12-11-13-16-21)34-25(28(33)32(9)10)27(30(5)6)31(7)8;1-7(2,3,4,5)6/h11-20,25H,1-10H3;/q+1;-1/t25-;/m0./s1. The van der Waals surface area contributed by atoms with Crippen LogP contribution in [-0.4, -0.2) is 80.4 Å². The molecule has 0 aromatic heterocycles. The molecule has 6 nitrogen and oxygen atoms in total. The second-order valence-electron chi connectivity index (χ2n) is 10.7. The molecular formula is C28H41F6N4O2P. The molecule has 0 saturated carbocycles. The normalized spacial score (nSPS) is 14.3. The molecule has 0 radical (unpaired) electrons. The van der Waals surface area contributed by atoms with E-state index < -0.39 is 13.9 Å². The van der Waals surface area contributed by atoms with E-state index in [9.17, 15) is 30.0 Å². The molecule has 0 unspecified atom stereocenters. The first-order chi connectivity index (χ1) is 18.4. The van der Waals surface area contributed by atoms with Crippen LogP contribution >= 0.6 is 7.81 Å². The zero-order chi connectivity index (χ0) is 32.0. The minimum atomic E-state index is -10.7. The second kappa shape index (κ2) is 12.8. The van der Waals surface area contributed by atoms with Crippen molar-refractivity contribution in [3.63, 3.8) is 0 Å². The third-order valence-corrected chi connectivity index (χ3v) is 5.62. The molecule has 232 valence electrons. The Morgan fingerprint density at radius 1 is 0.780 bits per heavy atom. The minimum absolute atomic E-state index is 0.151. The Morgan fingerprint density at radius 2 is 1.22 bits per heavy atom. The predicted molar refractivity (Wildman–Crippen MR) is 155 cm³/mol. The van der Waals surface area contributed by atoms with Crippen LogP contribution in [0.3, 0.4) is 0 Å². The van der Waals surface area contributed by atoms with Gasteiger partial charge in [-0.2, -0.15) is 0 Å². The van der Waals surface area contributed by atoms with Gasteiger partial charge in [0.25, 0.3) is 17.8 Å². The number of amidine groups is 1. The van der Waals surface area contributed by atoms with Gasteiger partial charge >= 0.3 is 33.0 Å². The van der Waals surface area contributed by atoms with E-state index in [1.54, 1.807) is 19.0 Å². The monoisotopic (exact) mass is 610 g/mol. The number of likely N-dealkylation sites (N-methyl/N-ethyl adjacent to an activating group) is 2. The molecule has 0 saturated heterocycles. The number of carbonyl (C=O) groups is 1. The summed E-state index contributed by atoms with van der Waals surface area (Å²) in [6, 6.07) is 16.1. The third-order valence-electron chi connectivity index (χ3n) is 5.62. The molecule has 1 amide bonds. The summed E-state index contributed by atoms with van der Waals surface area (Å²) in [7, 11) is 0.489. The zero-order valence-electron chi connectivity index (χ0n) is 25.2. The van der Waals surface area contributed by atoms with Gasteiger partial charge in [0.2, 0.25) is 5.90 Å². The number of carbonyl (C=O) groups excluding carboxylic acids is 1. The number of benzene rings is 2. The van der Waals surface area contributed by atoms with Gasteiger partial charge in [-0.05, 0) is 35.1 Å². The Morgan fingerprint density at radius 3 is 1.56 bits per heavy atom. The van der Waals surface area contributed by atoms with Crippen molar-refractivity contribution in [1.82, 2.24) is 9.80 Å². The molecule has 0 spiro atoms. The molecule has 0 N–H and O–H groups in total. The van der Waals surface area contributed by atoms with Crippen molar-refractivity contribution < 1.29 is 39.3 Å². The molecule has 0 aliphatic heterocycles. The van der Waals surface area contributed by atoms with Crippen LogP contribution < -0.4 is 0 Å². The Balaban J connectivity index is 0.00000106. The van der Waals surface area contributed by atoms with Crippen molar-refractivity contribution in [3.05, 3.63) is 65.2 Å². The number of amides is 1. The number of hydrogen-bond acceptors (Lipinski definition) is 3. The van der Waals surface area contributed by atoms with E-state index in [0.29, 0.717) is 17.7 Å². The van der Waals surface area contributed by atoms with Gasteiger partial charge in [-0.1, -0.05) is 64.1 Å². The molecule has 2 rings (SSSR count). The number of para-hydroxylation sites is 1.